The van der Waals surface area contributed by atoms with Crippen LogP contribution in [0, 0.1) is 0 Å². The molecule has 0 unspecified atom stereocenters. The van der Waals surface area contributed by atoms with Gasteiger partial charge in [0.25, 0.3) is 5.56 Å². The fourth-order valence-electron chi connectivity index (χ4n) is 1.62. The minimum atomic E-state index is -0.508. The third-order valence-corrected chi connectivity index (χ3v) is 2.66. The van der Waals surface area contributed by atoms with Crippen LogP contribution < -0.4 is 10.9 Å². The minimum absolute atomic E-state index is 0.251. The molecule has 2 N–H and O–H groups in total. The van der Waals surface area contributed by atoms with Crippen molar-refractivity contribution >= 4 is 11.8 Å². The maximum atomic E-state index is 11.5. The van der Waals surface area contributed by atoms with Crippen molar-refractivity contribution in [2.45, 2.75) is 6.42 Å². The van der Waals surface area contributed by atoms with Crippen molar-refractivity contribution in [1.82, 2.24) is 10.2 Å². The summed E-state index contributed by atoms with van der Waals surface area (Å²) in [6.07, 6.45) is 1.79. The number of ether oxygens (including phenoxy) is 1. The molecule has 0 saturated heterocycles. The fraction of sp³-hybridized carbons (Fsp3) is 0.133. The summed E-state index contributed by atoms with van der Waals surface area (Å²) in [7, 11) is 0. The Balaban J connectivity index is 1.98. The number of nitrogens with zero attached hydrogens (tertiary/aromatic N) is 1. The van der Waals surface area contributed by atoms with E-state index in [1.165, 1.54) is 6.07 Å². The van der Waals surface area contributed by atoms with Gasteiger partial charge in [0.05, 0.1) is 12.3 Å². The summed E-state index contributed by atoms with van der Waals surface area (Å²) in [4.78, 5) is 22.4. The molecule has 108 valence electrons. The van der Waals surface area contributed by atoms with E-state index in [0.717, 1.165) is 5.56 Å². The van der Waals surface area contributed by atoms with Gasteiger partial charge in [-0.1, -0.05) is 18.2 Å². The summed E-state index contributed by atoms with van der Waals surface area (Å²) in [6.45, 7) is 3.85. The molecule has 0 aliphatic heterocycles. The molecule has 0 aliphatic rings. The number of aromatic amines is 1. The van der Waals surface area contributed by atoms with E-state index in [1.807, 2.05) is 0 Å². The van der Waals surface area contributed by atoms with Gasteiger partial charge in [0.2, 0.25) is 0 Å². The van der Waals surface area contributed by atoms with Crippen molar-refractivity contribution in [3.8, 4) is 11.3 Å². The lowest BCUT2D eigenvalue weighted by Gasteiger charge is -2.06. The number of aromatic nitrogens is 2. The standard InChI is InChI=1S/C15H15N3O3/c1-2-3-10-21-15(20)16-12-6-4-11(5-7-12)13-8-9-14(19)18-17-13/h2,4-9H,1,3,10H2,(H,16,20)(H,18,19). The number of carbonyl (C=O) groups is 1. The van der Waals surface area contributed by atoms with Crippen LogP contribution >= 0.6 is 0 Å². The maximum Gasteiger partial charge on any atom is 0.411 e. The van der Waals surface area contributed by atoms with E-state index in [-0.39, 0.29) is 5.56 Å². The number of carbonyl (C=O) groups excluding carboxylic acids is 1. The van der Waals surface area contributed by atoms with Crippen molar-refractivity contribution in [3.05, 3.63) is 59.4 Å². The Labute approximate surface area is 121 Å². The molecule has 6 heteroatoms. The second-order valence-corrected chi connectivity index (χ2v) is 4.22. The normalized spacial score (nSPS) is 9.90. The van der Waals surface area contributed by atoms with Crippen LogP contribution in [-0.4, -0.2) is 22.9 Å². The molecule has 2 rings (SSSR count). The first-order valence-corrected chi connectivity index (χ1v) is 6.40. The number of rotatable bonds is 5. The SMILES string of the molecule is C=CCCOC(=O)Nc1ccc(-c2ccc(=O)[nH]n2)cc1. The van der Waals surface area contributed by atoms with Crippen LogP contribution in [0.25, 0.3) is 11.3 Å². The van der Waals surface area contributed by atoms with Gasteiger partial charge in [-0.15, -0.1) is 6.58 Å². The second-order valence-electron chi connectivity index (χ2n) is 4.22. The molecular formula is C15H15N3O3. The molecule has 6 nitrogen and oxygen atoms in total. The molecule has 0 saturated carbocycles. The number of benzene rings is 1. The fourth-order valence-corrected chi connectivity index (χ4v) is 1.62. The molecule has 1 heterocycles. The Bertz CT molecular complexity index is 657. The third-order valence-electron chi connectivity index (χ3n) is 2.66. The highest BCUT2D eigenvalue weighted by Gasteiger charge is 2.04. The molecule has 1 aromatic heterocycles. The molecule has 0 fully saturated rings. The Morgan fingerprint density at radius 1 is 1.29 bits per heavy atom. The van der Waals surface area contributed by atoms with Gasteiger partial charge in [-0.05, 0) is 24.6 Å². The van der Waals surface area contributed by atoms with E-state index in [9.17, 15) is 9.59 Å². The van der Waals surface area contributed by atoms with Crippen LogP contribution in [0.3, 0.4) is 0 Å². The van der Waals surface area contributed by atoms with Gasteiger partial charge in [-0.3, -0.25) is 10.1 Å². The van der Waals surface area contributed by atoms with E-state index in [0.29, 0.717) is 24.4 Å². The smallest absolute Gasteiger partial charge is 0.411 e. The topological polar surface area (TPSA) is 84.1 Å². The van der Waals surface area contributed by atoms with Gasteiger partial charge in [0.15, 0.2) is 0 Å². The Morgan fingerprint density at radius 2 is 2.05 bits per heavy atom. The lowest BCUT2D eigenvalue weighted by Crippen LogP contribution is -2.14. The van der Waals surface area contributed by atoms with Gasteiger partial charge in [0.1, 0.15) is 0 Å². The quantitative estimate of drug-likeness (QED) is 0.653. The highest BCUT2D eigenvalue weighted by molar-refractivity contribution is 5.85. The average Bonchev–Trinajstić information content (AvgIpc) is 2.49. The predicted octanol–water partition coefficient (Wildman–Crippen LogP) is 2.56. The zero-order chi connectivity index (χ0) is 15.1. The average molecular weight is 285 g/mol. The third kappa shape index (κ3) is 4.31. The monoisotopic (exact) mass is 285 g/mol. The van der Waals surface area contributed by atoms with Crippen molar-refractivity contribution < 1.29 is 9.53 Å². The van der Waals surface area contributed by atoms with E-state index in [4.69, 9.17) is 4.74 Å². The molecule has 21 heavy (non-hydrogen) atoms. The van der Waals surface area contributed by atoms with Gasteiger partial charge >= 0.3 is 6.09 Å². The van der Waals surface area contributed by atoms with Crippen molar-refractivity contribution in [3.63, 3.8) is 0 Å². The molecule has 0 radical (unpaired) electrons. The zero-order valence-electron chi connectivity index (χ0n) is 11.3. The van der Waals surface area contributed by atoms with E-state index < -0.39 is 6.09 Å². The van der Waals surface area contributed by atoms with Gasteiger partial charge < -0.3 is 4.74 Å². The first kappa shape index (κ1) is 14.5. The Kier molecular flexibility index (Phi) is 4.87. The molecule has 0 aliphatic carbocycles. The summed E-state index contributed by atoms with van der Waals surface area (Å²) in [5.41, 5.74) is 1.85. The lowest BCUT2D eigenvalue weighted by molar-refractivity contribution is 0.164. The predicted molar refractivity (Wildman–Crippen MR) is 80.1 cm³/mol. The van der Waals surface area contributed by atoms with Crippen LogP contribution in [0.4, 0.5) is 10.5 Å². The number of H-pyrrole nitrogens is 1. The number of hydrogen-bond acceptors (Lipinski definition) is 4. The summed E-state index contributed by atoms with van der Waals surface area (Å²) >= 11 is 0. The molecular weight excluding hydrogens is 270 g/mol. The number of anilines is 1. The summed E-state index contributed by atoms with van der Waals surface area (Å²) in [5, 5.41) is 8.92. The Morgan fingerprint density at radius 3 is 2.67 bits per heavy atom. The number of amides is 1. The molecule has 0 bridgehead atoms. The van der Waals surface area contributed by atoms with Crippen molar-refractivity contribution in [1.29, 1.82) is 0 Å². The summed E-state index contributed by atoms with van der Waals surface area (Å²) in [6, 6.07) is 10.1. The van der Waals surface area contributed by atoms with Crippen LogP contribution in [0.2, 0.25) is 0 Å². The van der Waals surface area contributed by atoms with Gasteiger partial charge in [-0.25, -0.2) is 9.89 Å². The van der Waals surface area contributed by atoms with Crippen LogP contribution in [0.1, 0.15) is 6.42 Å². The first-order chi connectivity index (χ1) is 10.2. The highest BCUT2D eigenvalue weighted by atomic mass is 16.5. The Hall–Kier alpha value is -2.89. The summed E-state index contributed by atoms with van der Waals surface area (Å²) < 4.78 is 4.94. The second kappa shape index (κ2) is 7.04. The zero-order valence-corrected chi connectivity index (χ0v) is 11.3. The highest BCUT2D eigenvalue weighted by Crippen LogP contribution is 2.18. The maximum absolute atomic E-state index is 11.5. The van der Waals surface area contributed by atoms with E-state index in [1.54, 1.807) is 36.4 Å². The summed E-state index contributed by atoms with van der Waals surface area (Å²) in [5.74, 6) is 0. The van der Waals surface area contributed by atoms with E-state index >= 15 is 0 Å². The molecule has 0 atom stereocenters. The van der Waals surface area contributed by atoms with E-state index in [2.05, 4.69) is 22.1 Å². The van der Waals surface area contributed by atoms with Crippen molar-refractivity contribution in [2.24, 2.45) is 0 Å². The molecule has 0 spiro atoms. The lowest BCUT2D eigenvalue weighted by atomic mass is 10.1. The number of nitrogens with one attached hydrogen (secondary N) is 2. The largest absolute Gasteiger partial charge is 0.449 e. The minimum Gasteiger partial charge on any atom is -0.449 e. The van der Waals surface area contributed by atoms with Crippen LogP contribution in [0.15, 0.2) is 53.8 Å². The molecule has 1 amide bonds. The molecule has 1 aromatic carbocycles. The van der Waals surface area contributed by atoms with Gasteiger partial charge in [0, 0.05) is 17.3 Å². The van der Waals surface area contributed by atoms with Crippen LogP contribution in [0.5, 0.6) is 0 Å². The first-order valence-electron chi connectivity index (χ1n) is 6.40. The number of hydrogen-bond donors (Lipinski definition) is 2. The van der Waals surface area contributed by atoms with Crippen LogP contribution in [-0.2, 0) is 4.74 Å². The van der Waals surface area contributed by atoms with Gasteiger partial charge in [-0.2, -0.15) is 5.10 Å². The molecule has 2 aromatic rings. The van der Waals surface area contributed by atoms with Crippen molar-refractivity contribution in [2.75, 3.05) is 11.9 Å².